The van der Waals surface area contributed by atoms with E-state index in [-0.39, 0.29) is 0 Å². The predicted molar refractivity (Wildman–Crippen MR) is 79.3 cm³/mol. The van der Waals surface area contributed by atoms with Gasteiger partial charge in [0.05, 0.1) is 0 Å². The monoisotopic (exact) mass is 228 g/mol. The van der Waals surface area contributed by atoms with Crippen LogP contribution in [0.2, 0.25) is 13.6 Å². The first kappa shape index (κ1) is 15.3. The molecule has 0 aliphatic carbocycles. The van der Waals surface area contributed by atoms with Crippen LogP contribution in [-0.2, 0) is 4.74 Å². The van der Waals surface area contributed by atoms with Crippen molar-refractivity contribution in [1.82, 2.24) is 0 Å². The Kier molecular flexibility index (Phi) is 8.58. The maximum absolute atomic E-state index is 5.45. The highest BCUT2D eigenvalue weighted by Gasteiger charge is 1.92. The third kappa shape index (κ3) is 9.25. The minimum absolute atomic E-state index is 0.465. The Bertz CT molecular complexity index is 346. The van der Waals surface area contributed by atoms with Gasteiger partial charge in [0.2, 0.25) is 0 Å². The summed E-state index contributed by atoms with van der Waals surface area (Å²) in [6.45, 7) is 16.4. The third-order valence-electron chi connectivity index (χ3n) is 1.91. The number of ether oxygens (including phenoxy) is 1. The van der Waals surface area contributed by atoms with Crippen molar-refractivity contribution in [2.75, 3.05) is 6.61 Å². The molecule has 0 aromatic carbocycles. The molecule has 0 aliphatic rings. The van der Waals surface area contributed by atoms with Crippen LogP contribution in [0.25, 0.3) is 0 Å². The maximum Gasteiger partial charge on any atom is 0.160 e. The third-order valence-corrected chi connectivity index (χ3v) is 1.91. The number of allylic oxidation sites excluding steroid dienone is 5. The van der Waals surface area contributed by atoms with Gasteiger partial charge in [-0.2, -0.15) is 0 Å². The van der Waals surface area contributed by atoms with E-state index < -0.39 is 0 Å². The van der Waals surface area contributed by atoms with E-state index >= 15 is 0 Å². The molecule has 0 aliphatic heterocycles. The largest absolute Gasteiger partial charge is 0.490 e. The summed E-state index contributed by atoms with van der Waals surface area (Å²) in [6, 6.07) is 0. The van der Waals surface area contributed by atoms with Gasteiger partial charge in [-0.15, -0.1) is 5.98 Å². The van der Waals surface area contributed by atoms with E-state index in [2.05, 4.69) is 39.4 Å². The molecular weight excluding hydrogens is 207 g/mol. The lowest BCUT2D eigenvalue weighted by Crippen LogP contribution is -1.94. The highest BCUT2D eigenvalue weighted by atomic mass is 16.5. The highest BCUT2D eigenvalue weighted by Crippen LogP contribution is 2.03. The maximum atomic E-state index is 5.45. The second-order valence-corrected chi connectivity index (χ2v) is 3.92. The van der Waals surface area contributed by atoms with E-state index in [0.29, 0.717) is 19.1 Å². The summed E-state index contributed by atoms with van der Waals surface area (Å²) in [5.41, 5.74) is 0.979. The van der Waals surface area contributed by atoms with Crippen LogP contribution in [-0.4, -0.2) is 13.3 Å². The molecule has 0 unspecified atom stereocenters. The molecule has 0 amide bonds. The lowest BCUT2D eigenvalue weighted by Gasteiger charge is -2.05. The Hall–Kier alpha value is -1.70. The molecule has 0 aromatic rings. The van der Waals surface area contributed by atoms with Crippen LogP contribution in [0.1, 0.15) is 0 Å². The lowest BCUT2D eigenvalue weighted by molar-refractivity contribution is 0.257. The molecular formula is C15H21BO. The topological polar surface area (TPSA) is 9.23 Å². The van der Waals surface area contributed by atoms with Crippen molar-refractivity contribution in [3.8, 4) is 0 Å². The van der Waals surface area contributed by atoms with Crippen molar-refractivity contribution in [3.05, 3.63) is 73.5 Å². The standard InChI is InChI=1S/C15H21BO/c1-6-10-15(7-2)13-17-14(3)11-8-9-12-16(4)5/h6-12H,1-3,13H2,4-5H3. The Morgan fingerprint density at radius 3 is 2.47 bits per heavy atom. The Morgan fingerprint density at radius 2 is 1.94 bits per heavy atom. The average molecular weight is 228 g/mol. The van der Waals surface area contributed by atoms with Gasteiger partial charge in [-0.3, -0.25) is 0 Å². The van der Waals surface area contributed by atoms with Gasteiger partial charge < -0.3 is 4.74 Å². The molecule has 0 radical (unpaired) electrons. The molecule has 0 fully saturated rings. The Morgan fingerprint density at radius 1 is 1.24 bits per heavy atom. The minimum Gasteiger partial charge on any atom is -0.490 e. The van der Waals surface area contributed by atoms with E-state index in [4.69, 9.17) is 4.74 Å². The first-order valence-corrected chi connectivity index (χ1v) is 5.70. The van der Waals surface area contributed by atoms with E-state index in [9.17, 15) is 0 Å². The molecule has 17 heavy (non-hydrogen) atoms. The molecule has 0 bridgehead atoms. The second kappa shape index (κ2) is 9.53. The fourth-order valence-electron chi connectivity index (χ4n) is 1.000. The van der Waals surface area contributed by atoms with Crippen LogP contribution < -0.4 is 0 Å². The fraction of sp³-hybridized carbons (Fsp3) is 0.200. The lowest BCUT2D eigenvalue weighted by atomic mass is 9.55. The van der Waals surface area contributed by atoms with Crippen molar-refractivity contribution < 1.29 is 4.74 Å². The molecule has 0 N–H and O–H groups in total. The minimum atomic E-state index is 0.465. The molecule has 0 saturated heterocycles. The van der Waals surface area contributed by atoms with E-state index in [0.717, 1.165) is 5.57 Å². The van der Waals surface area contributed by atoms with Crippen molar-refractivity contribution in [1.29, 1.82) is 0 Å². The summed E-state index contributed by atoms with van der Waals surface area (Å²) in [4.78, 5) is 0. The van der Waals surface area contributed by atoms with E-state index in [1.54, 1.807) is 12.2 Å². The molecule has 90 valence electrons. The summed E-state index contributed by atoms with van der Waals surface area (Å²) in [5.74, 6) is 2.74. The summed E-state index contributed by atoms with van der Waals surface area (Å²) in [5, 5.41) is 0. The first-order valence-electron chi connectivity index (χ1n) is 5.70. The molecule has 1 nitrogen and oxygen atoms in total. The van der Waals surface area contributed by atoms with Crippen molar-refractivity contribution >= 4 is 6.71 Å². The van der Waals surface area contributed by atoms with Gasteiger partial charge in [0.25, 0.3) is 0 Å². The Balaban J connectivity index is 4.07. The molecule has 0 aromatic heterocycles. The molecule has 0 saturated carbocycles. The van der Waals surface area contributed by atoms with E-state index in [1.807, 2.05) is 24.3 Å². The molecule has 0 heterocycles. The zero-order valence-electron chi connectivity index (χ0n) is 10.9. The second-order valence-electron chi connectivity index (χ2n) is 3.92. The molecule has 0 rings (SSSR count). The van der Waals surface area contributed by atoms with Crippen molar-refractivity contribution in [2.45, 2.75) is 13.6 Å². The first-order chi connectivity index (χ1) is 8.10. The van der Waals surface area contributed by atoms with Crippen molar-refractivity contribution in [3.63, 3.8) is 0 Å². The van der Waals surface area contributed by atoms with E-state index in [1.165, 1.54) is 0 Å². The van der Waals surface area contributed by atoms with Gasteiger partial charge in [0.15, 0.2) is 6.71 Å². The van der Waals surface area contributed by atoms with Gasteiger partial charge in [-0.05, 0) is 11.6 Å². The summed E-state index contributed by atoms with van der Waals surface area (Å²) in [6.07, 6.45) is 11.1. The predicted octanol–water partition coefficient (Wildman–Crippen LogP) is 4.22. The van der Waals surface area contributed by atoms with Gasteiger partial charge in [-0.1, -0.05) is 63.8 Å². The van der Waals surface area contributed by atoms with Crippen LogP contribution in [0, 0.1) is 0 Å². The smallest absolute Gasteiger partial charge is 0.160 e. The fourth-order valence-corrected chi connectivity index (χ4v) is 1.000. The van der Waals surface area contributed by atoms with Crippen LogP contribution in [0.4, 0.5) is 0 Å². The zero-order valence-corrected chi connectivity index (χ0v) is 10.9. The van der Waals surface area contributed by atoms with Gasteiger partial charge in [-0.25, -0.2) is 0 Å². The van der Waals surface area contributed by atoms with Crippen LogP contribution >= 0.6 is 0 Å². The van der Waals surface area contributed by atoms with Crippen LogP contribution in [0.15, 0.2) is 73.5 Å². The van der Waals surface area contributed by atoms with Gasteiger partial charge in [0, 0.05) is 0 Å². The zero-order chi connectivity index (χ0) is 13.1. The summed E-state index contributed by atoms with van der Waals surface area (Å²) >= 11 is 0. The molecule has 2 heteroatoms. The van der Waals surface area contributed by atoms with Gasteiger partial charge in [0.1, 0.15) is 12.4 Å². The number of hydrogen-bond acceptors (Lipinski definition) is 1. The highest BCUT2D eigenvalue weighted by molar-refractivity contribution is 6.61. The normalized spacial score (nSPS) is 11.8. The molecule has 0 spiro atoms. The van der Waals surface area contributed by atoms with Crippen LogP contribution in [0.5, 0.6) is 0 Å². The van der Waals surface area contributed by atoms with Crippen LogP contribution in [0.3, 0.4) is 0 Å². The number of hydrogen-bond donors (Lipinski definition) is 0. The average Bonchev–Trinajstić information content (AvgIpc) is 2.29. The quantitative estimate of drug-likeness (QED) is 0.343. The Labute approximate surface area is 106 Å². The number of rotatable bonds is 8. The SMILES string of the molecule is C=CC=C(C=C)COC(=C)C=CC=CB(C)C. The van der Waals surface area contributed by atoms with Gasteiger partial charge >= 0.3 is 0 Å². The summed E-state index contributed by atoms with van der Waals surface area (Å²) < 4.78 is 5.45. The molecule has 0 atom stereocenters. The summed E-state index contributed by atoms with van der Waals surface area (Å²) in [7, 11) is 0. The van der Waals surface area contributed by atoms with Crippen molar-refractivity contribution in [2.24, 2.45) is 0 Å².